The van der Waals surface area contributed by atoms with Crippen molar-refractivity contribution in [3.63, 3.8) is 0 Å². The minimum absolute atomic E-state index is 0.242. The van der Waals surface area contributed by atoms with Gasteiger partial charge in [-0.15, -0.1) is 0 Å². The Labute approximate surface area is 98.8 Å². The van der Waals surface area contributed by atoms with E-state index in [4.69, 9.17) is 4.74 Å². The van der Waals surface area contributed by atoms with Gasteiger partial charge in [0.15, 0.2) is 11.6 Å². The van der Waals surface area contributed by atoms with Crippen molar-refractivity contribution in [3.05, 3.63) is 41.7 Å². The SMILES string of the molecule is COc1ccc(NCc2nc[nH]c2C)cc1F. The number of hydrogen-bond acceptors (Lipinski definition) is 3. The van der Waals surface area contributed by atoms with Crippen LogP contribution in [0, 0.1) is 12.7 Å². The van der Waals surface area contributed by atoms with E-state index in [0.717, 1.165) is 11.4 Å². The first-order valence-electron chi connectivity index (χ1n) is 5.27. The Kier molecular flexibility index (Phi) is 3.27. The minimum atomic E-state index is -0.378. The third-order valence-electron chi connectivity index (χ3n) is 2.55. The van der Waals surface area contributed by atoms with Crippen molar-refractivity contribution in [2.75, 3.05) is 12.4 Å². The van der Waals surface area contributed by atoms with E-state index in [1.54, 1.807) is 18.5 Å². The molecule has 0 atom stereocenters. The van der Waals surface area contributed by atoms with Crippen LogP contribution in [0.3, 0.4) is 0 Å². The number of anilines is 1. The molecule has 0 bridgehead atoms. The molecule has 0 radical (unpaired) electrons. The van der Waals surface area contributed by atoms with E-state index in [1.807, 2.05) is 6.92 Å². The summed E-state index contributed by atoms with van der Waals surface area (Å²) < 4.78 is 18.3. The molecule has 2 N–H and O–H groups in total. The van der Waals surface area contributed by atoms with Crippen molar-refractivity contribution in [1.29, 1.82) is 0 Å². The number of aromatic nitrogens is 2. The van der Waals surface area contributed by atoms with E-state index in [2.05, 4.69) is 15.3 Å². The fourth-order valence-corrected chi connectivity index (χ4v) is 1.53. The van der Waals surface area contributed by atoms with Gasteiger partial charge in [0.2, 0.25) is 0 Å². The largest absolute Gasteiger partial charge is 0.494 e. The van der Waals surface area contributed by atoms with Crippen LogP contribution in [-0.2, 0) is 6.54 Å². The first-order valence-corrected chi connectivity index (χ1v) is 5.27. The van der Waals surface area contributed by atoms with E-state index >= 15 is 0 Å². The molecular formula is C12H14FN3O. The molecule has 4 nitrogen and oxygen atoms in total. The Balaban J connectivity index is 2.05. The van der Waals surface area contributed by atoms with Crippen LogP contribution in [0.2, 0.25) is 0 Å². The normalized spacial score (nSPS) is 10.3. The summed E-state index contributed by atoms with van der Waals surface area (Å²) in [5.41, 5.74) is 2.62. The number of aromatic amines is 1. The molecule has 0 unspecified atom stereocenters. The number of aryl methyl sites for hydroxylation is 1. The van der Waals surface area contributed by atoms with Crippen molar-refractivity contribution in [2.24, 2.45) is 0 Å². The Morgan fingerprint density at radius 3 is 2.88 bits per heavy atom. The fraction of sp³-hybridized carbons (Fsp3) is 0.250. The van der Waals surface area contributed by atoms with E-state index < -0.39 is 0 Å². The van der Waals surface area contributed by atoms with Crippen LogP contribution in [-0.4, -0.2) is 17.1 Å². The number of rotatable bonds is 4. The molecule has 0 saturated heterocycles. The monoisotopic (exact) mass is 235 g/mol. The highest BCUT2D eigenvalue weighted by Gasteiger charge is 2.04. The highest BCUT2D eigenvalue weighted by molar-refractivity contribution is 5.47. The molecule has 0 aliphatic heterocycles. The topological polar surface area (TPSA) is 49.9 Å². The van der Waals surface area contributed by atoms with Gasteiger partial charge in [-0.1, -0.05) is 0 Å². The maximum atomic E-state index is 13.4. The van der Waals surface area contributed by atoms with Gasteiger partial charge in [-0.25, -0.2) is 9.37 Å². The Morgan fingerprint density at radius 1 is 1.47 bits per heavy atom. The number of hydrogen-bond donors (Lipinski definition) is 2. The summed E-state index contributed by atoms with van der Waals surface area (Å²) in [6.45, 7) is 2.50. The maximum Gasteiger partial charge on any atom is 0.167 e. The third kappa shape index (κ3) is 2.55. The number of nitrogens with zero attached hydrogens (tertiary/aromatic N) is 1. The Bertz CT molecular complexity index is 510. The molecule has 0 amide bonds. The van der Waals surface area contributed by atoms with Crippen molar-refractivity contribution in [3.8, 4) is 5.75 Å². The number of methoxy groups -OCH3 is 1. The van der Waals surface area contributed by atoms with Crippen LogP contribution < -0.4 is 10.1 Å². The molecule has 1 aromatic carbocycles. The smallest absolute Gasteiger partial charge is 0.167 e. The lowest BCUT2D eigenvalue weighted by molar-refractivity contribution is 0.386. The zero-order valence-corrected chi connectivity index (χ0v) is 9.75. The lowest BCUT2D eigenvalue weighted by Crippen LogP contribution is -2.02. The third-order valence-corrected chi connectivity index (χ3v) is 2.55. The standard InChI is InChI=1S/C12H14FN3O/c1-8-11(16-7-15-8)6-14-9-3-4-12(17-2)10(13)5-9/h3-5,7,14H,6H2,1-2H3,(H,15,16). The molecule has 1 aromatic heterocycles. The summed E-state index contributed by atoms with van der Waals surface area (Å²) in [6.07, 6.45) is 1.64. The van der Waals surface area contributed by atoms with Gasteiger partial charge in [-0.2, -0.15) is 0 Å². The Hall–Kier alpha value is -2.04. The Morgan fingerprint density at radius 2 is 2.29 bits per heavy atom. The van der Waals surface area contributed by atoms with E-state index in [9.17, 15) is 4.39 Å². The molecule has 1 heterocycles. The van der Waals surface area contributed by atoms with Crippen LogP contribution in [0.25, 0.3) is 0 Å². The molecule has 2 aromatic rings. The lowest BCUT2D eigenvalue weighted by Gasteiger charge is -2.07. The number of ether oxygens (including phenoxy) is 1. The van der Waals surface area contributed by atoms with Crippen molar-refractivity contribution < 1.29 is 9.13 Å². The van der Waals surface area contributed by atoms with Gasteiger partial charge in [-0.3, -0.25) is 0 Å². The van der Waals surface area contributed by atoms with Crippen LogP contribution in [0.5, 0.6) is 5.75 Å². The van der Waals surface area contributed by atoms with Crippen LogP contribution in [0.4, 0.5) is 10.1 Å². The van der Waals surface area contributed by atoms with E-state index in [1.165, 1.54) is 13.2 Å². The first kappa shape index (κ1) is 11.4. The van der Waals surface area contributed by atoms with Gasteiger partial charge < -0.3 is 15.0 Å². The summed E-state index contributed by atoms with van der Waals surface area (Å²) in [5, 5.41) is 3.10. The summed E-state index contributed by atoms with van der Waals surface area (Å²) >= 11 is 0. The number of benzene rings is 1. The number of nitrogens with one attached hydrogen (secondary N) is 2. The molecule has 0 aliphatic carbocycles. The number of H-pyrrole nitrogens is 1. The summed E-state index contributed by atoms with van der Waals surface area (Å²) in [5.74, 6) is -0.136. The van der Waals surface area contributed by atoms with E-state index in [0.29, 0.717) is 12.2 Å². The zero-order chi connectivity index (χ0) is 12.3. The molecule has 0 fully saturated rings. The van der Waals surface area contributed by atoms with Gasteiger partial charge in [0, 0.05) is 17.4 Å². The van der Waals surface area contributed by atoms with Crippen molar-refractivity contribution in [1.82, 2.24) is 9.97 Å². The van der Waals surface area contributed by atoms with E-state index in [-0.39, 0.29) is 11.6 Å². The second-order valence-electron chi connectivity index (χ2n) is 3.68. The maximum absolute atomic E-state index is 13.4. The van der Waals surface area contributed by atoms with Gasteiger partial charge >= 0.3 is 0 Å². The average molecular weight is 235 g/mol. The molecule has 2 rings (SSSR count). The average Bonchev–Trinajstić information content (AvgIpc) is 2.72. The van der Waals surface area contributed by atoms with Crippen molar-refractivity contribution in [2.45, 2.75) is 13.5 Å². The minimum Gasteiger partial charge on any atom is -0.494 e. The van der Waals surface area contributed by atoms with Gasteiger partial charge in [0.25, 0.3) is 0 Å². The van der Waals surface area contributed by atoms with Gasteiger partial charge in [0.1, 0.15) is 0 Å². The lowest BCUT2D eigenvalue weighted by atomic mass is 10.2. The highest BCUT2D eigenvalue weighted by atomic mass is 19.1. The molecular weight excluding hydrogens is 221 g/mol. The molecule has 5 heteroatoms. The summed E-state index contributed by atoms with van der Waals surface area (Å²) in [4.78, 5) is 7.14. The van der Waals surface area contributed by atoms with Crippen LogP contribution in [0.15, 0.2) is 24.5 Å². The predicted octanol–water partition coefficient (Wildman–Crippen LogP) is 2.48. The van der Waals surface area contributed by atoms with Gasteiger partial charge in [-0.05, 0) is 19.1 Å². The second-order valence-corrected chi connectivity index (χ2v) is 3.68. The zero-order valence-electron chi connectivity index (χ0n) is 9.75. The number of imidazole rings is 1. The molecule has 17 heavy (non-hydrogen) atoms. The summed E-state index contributed by atoms with van der Waals surface area (Å²) in [6, 6.07) is 4.76. The molecule has 90 valence electrons. The molecule has 0 aliphatic rings. The highest BCUT2D eigenvalue weighted by Crippen LogP contribution is 2.21. The molecule has 0 spiro atoms. The summed E-state index contributed by atoms with van der Waals surface area (Å²) in [7, 11) is 1.44. The first-order chi connectivity index (χ1) is 8.20. The number of halogens is 1. The van der Waals surface area contributed by atoms with Crippen molar-refractivity contribution >= 4 is 5.69 Å². The second kappa shape index (κ2) is 4.86. The van der Waals surface area contributed by atoms with Crippen LogP contribution in [0.1, 0.15) is 11.4 Å². The fourth-order valence-electron chi connectivity index (χ4n) is 1.53. The molecule has 0 saturated carbocycles. The quantitative estimate of drug-likeness (QED) is 0.856. The predicted molar refractivity (Wildman–Crippen MR) is 63.6 cm³/mol. The van der Waals surface area contributed by atoms with Crippen LogP contribution >= 0.6 is 0 Å². The van der Waals surface area contributed by atoms with Gasteiger partial charge in [0.05, 0.1) is 25.7 Å².